The Hall–Kier alpha value is -3.68. The maximum Gasteiger partial charge on any atom is 0.408 e. The van der Waals surface area contributed by atoms with Crippen molar-refractivity contribution in [1.82, 2.24) is 10.2 Å². The number of hydrogen-bond donors (Lipinski definition) is 1. The lowest BCUT2D eigenvalue weighted by Crippen LogP contribution is -2.54. The quantitative estimate of drug-likeness (QED) is 0.273. The number of benzene rings is 2. The zero-order valence-electron chi connectivity index (χ0n) is 28.3. The van der Waals surface area contributed by atoms with E-state index in [1.165, 1.54) is 19.3 Å². The highest BCUT2D eigenvalue weighted by Crippen LogP contribution is 2.36. The topological polar surface area (TPSA) is 96.0 Å². The van der Waals surface area contributed by atoms with Gasteiger partial charge in [-0.25, -0.2) is 4.79 Å². The van der Waals surface area contributed by atoms with Crippen molar-refractivity contribution in [1.29, 1.82) is 0 Å². The standard InChI is InChI=1S/C38H51N3O5/c1-6-25(2)33(39-37(45)46-38(3,4)5)36(44)41-23-19-27(20-24-41)12-9-11-26-17-21-40(22-18-26)31-16-10-15-30-32(31)35(43)29-14-8-7-13-28(29)34(30)42/h7-8,10,13-16,25-27,33H,6,9,11-12,17-24H2,1-5H3,(H,39,45)/t25-,33+/m1/s1. The molecule has 2 saturated heterocycles. The first-order valence-corrected chi connectivity index (χ1v) is 17.3. The Morgan fingerprint density at radius 1 is 0.848 bits per heavy atom. The Morgan fingerprint density at radius 3 is 2.00 bits per heavy atom. The molecule has 8 nitrogen and oxygen atoms in total. The Balaban J connectivity index is 1.07. The van der Waals surface area contributed by atoms with Gasteiger partial charge in [0.25, 0.3) is 0 Å². The molecule has 0 saturated carbocycles. The van der Waals surface area contributed by atoms with Gasteiger partial charge in [-0.2, -0.15) is 0 Å². The van der Waals surface area contributed by atoms with Crippen LogP contribution < -0.4 is 10.2 Å². The molecule has 2 atom stereocenters. The number of fused-ring (bicyclic) bond motifs is 2. The normalized spacial score (nSPS) is 18.9. The molecule has 5 rings (SSSR count). The van der Waals surface area contributed by atoms with Gasteiger partial charge in [0.05, 0.1) is 5.56 Å². The van der Waals surface area contributed by atoms with E-state index >= 15 is 0 Å². The predicted molar refractivity (Wildman–Crippen MR) is 180 cm³/mol. The van der Waals surface area contributed by atoms with Gasteiger partial charge < -0.3 is 19.9 Å². The van der Waals surface area contributed by atoms with Crippen LogP contribution in [0.15, 0.2) is 42.5 Å². The number of anilines is 1. The first-order valence-electron chi connectivity index (χ1n) is 17.3. The molecular formula is C38H51N3O5. The lowest BCUT2D eigenvalue weighted by molar-refractivity contribution is -0.136. The molecule has 2 amide bonds. The maximum absolute atomic E-state index is 13.5. The summed E-state index contributed by atoms with van der Waals surface area (Å²) < 4.78 is 5.43. The van der Waals surface area contributed by atoms with Crippen LogP contribution in [0.25, 0.3) is 0 Å². The highest BCUT2D eigenvalue weighted by molar-refractivity contribution is 6.30. The van der Waals surface area contributed by atoms with Crippen LogP contribution in [-0.2, 0) is 9.53 Å². The third kappa shape index (κ3) is 7.64. The smallest absolute Gasteiger partial charge is 0.408 e. The van der Waals surface area contributed by atoms with Crippen molar-refractivity contribution in [3.8, 4) is 0 Å². The Bertz CT molecular complexity index is 1430. The SMILES string of the molecule is CC[C@@H](C)[C@H](NC(=O)OC(C)(C)C)C(=O)N1CCC(CCCC2CCN(c3cccc4c3C(=O)c3ccccc3C4=O)CC2)CC1. The van der Waals surface area contributed by atoms with Crippen molar-refractivity contribution in [2.45, 2.75) is 97.6 Å². The summed E-state index contributed by atoms with van der Waals surface area (Å²) in [6, 6.07) is 12.2. The molecule has 248 valence electrons. The third-order valence-corrected chi connectivity index (χ3v) is 10.2. The van der Waals surface area contributed by atoms with E-state index in [9.17, 15) is 19.2 Å². The number of piperidine rings is 2. The van der Waals surface area contributed by atoms with E-state index < -0.39 is 17.7 Å². The van der Waals surface area contributed by atoms with E-state index in [0.717, 1.165) is 64.0 Å². The Kier molecular flexibility index (Phi) is 10.5. The van der Waals surface area contributed by atoms with Gasteiger partial charge in [0.15, 0.2) is 11.6 Å². The van der Waals surface area contributed by atoms with Crippen molar-refractivity contribution in [2.24, 2.45) is 17.8 Å². The number of nitrogens with zero attached hydrogens (tertiary/aromatic N) is 2. The highest BCUT2D eigenvalue weighted by atomic mass is 16.6. The van der Waals surface area contributed by atoms with Gasteiger partial charge in [-0.05, 0) is 70.3 Å². The molecule has 0 bridgehead atoms. The highest BCUT2D eigenvalue weighted by Gasteiger charge is 2.35. The molecule has 2 aromatic carbocycles. The number of amides is 2. The lowest BCUT2D eigenvalue weighted by Gasteiger charge is -2.37. The minimum atomic E-state index is -0.612. The van der Waals surface area contributed by atoms with Crippen LogP contribution in [-0.4, -0.2) is 66.3 Å². The molecule has 1 N–H and O–H groups in total. The fourth-order valence-corrected chi connectivity index (χ4v) is 7.30. The molecule has 8 heteroatoms. The number of ketones is 2. The zero-order valence-corrected chi connectivity index (χ0v) is 28.3. The number of carbonyl (C=O) groups excluding carboxylic acids is 4. The molecule has 1 aliphatic carbocycles. The van der Waals surface area contributed by atoms with Gasteiger partial charge in [0.1, 0.15) is 11.6 Å². The summed E-state index contributed by atoms with van der Waals surface area (Å²) >= 11 is 0. The number of alkyl carbamates (subject to hydrolysis) is 1. The number of nitrogens with one attached hydrogen (secondary N) is 1. The summed E-state index contributed by atoms with van der Waals surface area (Å²) in [5.74, 6) is 1.19. The number of likely N-dealkylation sites (tertiary alicyclic amines) is 1. The molecule has 2 aromatic rings. The van der Waals surface area contributed by atoms with Crippen molar-refractivity contribution in [3.05, 3.63) is 64.7 Å². The summed E-state index contributed by atoms with van der Waals surface area (Å²) in [6.07, 6.45) is 7.97. The minimum absolute atomic E-state index is 0.000348. The van der Waals surface area contributed by atoms with E-state index in [1.807, 2.05) is 63.8 Å². The predicted octanol–water partition coefficient (Wildman–Crippen LogP) is 7.03. The van der Waals surface area contributed by atoms with Crippen LogP contribution in [0.3, 0.4) is 0 Å². The first-order chi connectivity index (χ1) is 22.0. The van der Waals surface area contributed by atoms with E-state index in [0.29, 0.717) is 34.1 Å². The minimum Gasteiger partial charge on any atom is -0.444 e. The summed E-state index contributed by atoms with van der Waals surface area (Å²) in [7, 11) is 0. The van der Waals surface area contributed by atoms with Crippen molar-refractivity contribution < 1.29 is 23.9 Å². The lowest BCUT2D eigenvalue weighted by atomic mass is 9.82. The van der Waals surface area contributed by atoms with Crippen molar-refractivity contribution >= 4 is 29.3 Å². The van der Waals surface area contributed by atoms with Crippen LogP contribution in [0.4, 0.5) is 10.5 Å². The summed E-state index contributed by atoms with van der Waals surface area (Å²) in [5.41, 5.74) is 2.36. The molecule has 0 aromatic heterocycles. The van der Waals surface area contributed by atoms with Crippen LogP contribution in [0.5, 0.6) is 0 Å². The Labute approximate surface area is 274 Å². The third-order valence-electron chi connectivity index (χ3n) is 10.2. The fourth-order valence-electron chi connectivity index (χ4n) is 7.30. The van der Waals surface area contributed by atoms with Gasteiger partial charge in [0.2, 0.25) is 5.91 Å². The zero-order chi connectivity index (χ0) is 33.0. The van der Waals surface area contributed by atoms with Gasteiger partial charge in [0, 0.05) is 48.6 Å². The summed E-state index contributed by atoms with van der Waals surface area (Å²) in [4.78, 5) is 56.8. The van der Waals surface area contributed by atoms with Gasteiger partial charge in [-0.15, -0.1) is 0 Å². The van der Waals surface area contributed by atoms with Crippen molar-refractivity contribution in [2.75, 3.05) is 31.1 Å². The van der Waals surface area contributed by atoms with Crippen LogP contribution in [0.2, 0.25) is 0 Å². The molecule has 2 heterocycles. The number of hydrogen-bond acceptors (Lipinski definition) is 6. The average Bonchev–Trinajstić information content (AvgIpc) is 3.05. The van der Waals surface area contributed by atoms with Crippen molar-refractivity contribution in [3.63, 3.8) is 0 Å². The van der Waals surface area contributed by atoms with E-state index in [1.54, 1.807) is 18.2 Å². The summed E-state index contributed by atoms with van der Waals surface area (Å²) in [6.45, 7) is 12.8. The maximum atomic E-state index is 13.5. The Morgan fingerprint density at radius 2 is 1.41 bits per heavy atom. The molecule has 46 heavy (non-hydrogen) atoms. The van der Waals surface area contributed by atoms with Crippen LogP contribution in [0.1, 0.15) is 118 Å². The molecule has 0 radical (unpaired) electrons. The van der Waals surface area contributed by atoms with Gasteiger partial charge >= 0.3 is 6.09 Å². The van der Waals surface area contributed by atoms with E-state index in [4.69, 9.17) is 4.74 Å². The first kappa shape index (κ1) is 33.7. The monoisotopic (exact) mass is 629 g/mol. The molecular weight excluding hydrogens is 578 g/mol. The second kappa shape index (κ2) is 14.4. The average molecular weight is 630 g/mol. The largest absolute Gasteiger partial charge is 0.444 e. The van der Waals surface area contributed by atoms with Crippen LogP contribution in [0, 0.1) is 17.8 Å². The van der Waals surface area contributed by atoms with Gasteiger partial charge in [-0.1, -0.05) is 75.9 Å². The fraction of sp³-hybridized carbons (Fsp3) is 0.579. The molecule has 3 aliphatic rings. The second-order valence-electron chi connectivity index (χ2n) is 14.5. The molecule has 2 aliphatic heterocycles. The molecule has 0 spiro atoms. The van der Waals surface area contributed by atoms with Crippen LogP contribution >= 0.6 is 0 Å². The second-order valence-corrected chi connectivity index (χ2v) is 14.5. The summed E-state index contributed by atoms with van der Waals surface area (Å²) in [5, 5.41) is 2.85. The number of carbonyl (C=O) groups is 4. The number of rotatable bonds is 9. The van der Waals surface area contributed by atoms with Gasteiger partial charge in [-0.3, -0.25) is 14.4 Å². The van der Waals surface area contributed by atoms with E-state index in [-0.39, 0.29) is 23.4 Å². The molecule has 2 fully saturated rings. The number of ether oxygens (including phenoxy) is 1. The molecule has 0 unspecified atom stereocenters. The van der Waals surface area contributed by atoms with E-state index in [2.05, 4.69) is 10.2 Å².